The Kier molecular flexibility index (Phi) is 4.70. The fraction of sp³-hybridized carbons (Fsp3) is 0.105. The van der Waals surface area contributed by atoms with E-state index in [0.717, 1.165) is 0 Å². The zero-order valence-electron chi connectivity index (χ0n) is 14.2. The quantitative estimate of drug-likeness (QED) is 0.727. The molecular formula is C19H16N2O5. The Bertz CT molecular complexity index is 1070. The maximum Gasteiger partial charge on any atom is 0.337 e. The number of fused-ring (bicyclic) bond motifs is 1. The number of carbonyl (C=O) groups excluding carboxylic acids is 2. The molecule has 132 valence electrons. The fourth-order valence-corrected chi connectivity index (χ4v) is 2.48. The van der Waals surface area contributed by atoms with Gasteiger partial charge in [0.05, 0.1) is 25.5 Å². The Morgan fingerprint density at radius 3 is 2.54 bits per heavy atom. The van der Waals surface area contributed by atoms with Crippen molar-refractivity contribution in [3.63, 3.8) is 0 Å². The number of esters is 1. The van der Waals surface area contributed by atoms with Crippen LogP contribution in [0.2, 0.25) is 0 Å². The number of amides is 1. The lowest BCUT2D eigenvalue weighted by Crippen LogP contribution is -2.21. The van der Waals surface area contributed by atoms with Crippen LogP contribution in [0.3, 0.4) is 0 Å². The molecule has 3 aromatic rings. The maximum atomic E-state index is 11.8. The number of methoxy groups -OCH3 is 2. The molecule has 0 spiro atoms. The number of hydrogen-bond acceptors (Lipinski definition) is 6. The summed E-state index contributed by atoms with van der Waals surface area (Å²) in [4.78, 5) is 27.8. The van der Waals surface area contributed by atoms with Gasteiger partial charge in [-0.1, -0.05) is 18.2 Å². The molecule has 0 aliphatic heterocycles. The van der Waals surface area contributed by atoms with E-state index in [4.69, 9.17) is 19.6 Å². The number of benzene rings is 2. The molecule has 1 amide bonds. The smallest absolute Gasteiger partial charge is 0.337 e. The normalized spacial score (nSPS) is 11.4. The maximum absolute atomic E-state index is 11.8. The number of carbonyl (C=O) groups is 2. The van der Waals surface area contributed by atoms with Crippen LogP contribution in [0.4, 0.5) is 5.69 Å². The van der Waals surface area contributed by atoms with Gasteiger partial charge < -0.3 is 19.6 Å². The first-order valence-electron chi connectivity index (χ1n) is 7.67. The van der Waals surface area contributed by atoms with Crippen molar-refractivity contribution in [3.8, 4) is 5.75 Å². The largest absolute Gasteiger partial charge is 0.493 e. The van der Waals surface area contributed by atoms with Crippen LogP contribution in [-0.4, -0.2) is 26.1 Å². The van der Waals surface area contributed by atoms with Crippen molar-refractivity contribution in [2.75, 3.05) is 14.2 Å². The first-order chi connectivity index (χ1) is 12.5. The van der Waals surface area contributed by atoms with Crippen LogP contribution in [0.15, 0.2) is 57.9 Å². The van der Waals surface area contributed by atoms with Crippen molar-refractivity contribution in [2.24, 2.45) is 10.7 Å². The van der Waals surface area contributed by atoms with Crippen LogP contribution in [0.5, 0.6) is 5.75 Å². The van der Waals surface area contributed by atoms with Gasteiger partial charge in [0.2, 0.25) is 5.55 Å². The average molecular weight is 352 g/mol. The summed E-state index contributed by atoms with van der Waals surface area (Å²) in [6.07, 6.45) is 0. The van der Waals surface area contributed by atoms with Crippen LogP contribution in [-0.2, 0) is 4.74 Å². The number of para-hydroxylation sites is 1. The third-order valence-corrected chi connectivity index (χ3v) is 3.72. The molecule has 2 aromatic carbocycles. The van der Waals surface area contributed by atoms with Gasteiger partial charge in [0.1, 0.15) is 5.56 Å². The highest BCUT2D eigenvalue weighted by molar-refractivity contribution is 5.96. The van der Waals surface area contributed by atoms with Crippen molar-refractivity contribution in [1.29, 1.82) is 0 Å². The van der Waals surface area contributed by atoms with E-state index in [-0.39, 0.29) is 11.1 Å². The van der Waals surface area contributed by atoms with Gasteiger partial charge in [-0.3, -0.25) is 4.79 Å². The minimum atomic E-state index is -0.679. The molecule has 1 aromatic heterocycles. The third kappa shape index (κ3) is 3.27. The van der Waals surface area contributed by atoms with Crippen LogP contribution >= 0.6 is 0 Å². The van der Waals surface area contributed by atoms with Gasteiger partial charge in [0, 0.05) is 5.39 Å². The number of rotatable bonds is 4. The molecule has 0 radical (unpaired) electrons. The first-order valence-corrected chi connectivity index (χ1v) is 7.67. The molecule has 0 aliphatic rings. The fourth-order valence-electron chi connectivity index (χ4n) is 2.48. The number of nitrogens with zero attached hydrogens (tertiary/aromatic N) is 1. The Balaban J connectivity index is 2.25. The van der Waals surface area contributed by atoms with E-state index in [1.54, 1.807) is 42.5 Å². The summed E-state index contributed by atoms with van der Waals surface area (Å²) in [5.41, 5.74) is 6.78. The van der Waals surface area contributed by atoms with E-state index in [9.17, 15) is 9.59 Å². The Morgan fingerprint density at radius 1 is 1.08 bits per heavy atom. The summed E-state index contributed by atoms with van der Waals surface area (Å²) in [6.45, 7) is 0. The summed E-state index contributed by atoms with van der Waals surface area (Å²) in [5, 5.41) is 0.653. The lowest BCUT2D eigenvalue weighted by atomic mass is 10.1. The molecule has 0 unspecified atom stereocenters. The number of nitrogens with two attached hydrogens (primary N) is 1. The topological polar surface area (TPSA) is 104 Å². The second-order valence-corrected chi connectivity index (χ2v) is 5.36. The van der Waals surface area contributed by atoms with E-state index in [1.807, 2.05) is 0 Å². The van der Waals surface area contributed by atoms with Crippen LogP contribution < -0.4 is 16.0 Å². The second kappa shape index (κ2) is 7.10. The van der Waals surface area contributed by atoms with Gasteiger partial charge in [0.25, 0.3) is 5.91 Å². The summed E-state index contributed by atoms with van der Waals surface area (Å²) >= 11 is 0. The van der Waals surface area contributed by atoms with Crippen LogP contribution in [0, 0.1) is 0 Å². The highest BCUT2D eigenvalue weighted by Gasteiger charge is 2.12. The van der Waals surface area contributed by atoms with Crippen molar-refractivity contribution in [1.82, 2.24) is 0 Å². The van der Waals surface area contributed by atoms with Gasteiger partial charge in [-0.15, -0.1) is 0 Å². The first kappa shape index (κ1) is 17.2. The molecule has 0 aliphatic carbocycles. The zero-order chi connectivity index (χ0) is 18.7. The van der Waals surface area contributed by atoms with E-state index in [1.165, 1.54) is 20.3 Å². The van der Waals surface area contributed by atoms with Gasteiger partial charge in [-0.2, -0.15) is 0 Å². The molecule has 1 heterocycles. The molecule has 0 bridgehead atoms. The summed E-state index contributed by atoms with van der Waals surface area (Å²) < 4.78 is 15.8. The average Bonchev–Trinajstić information content (AvgIpc) is 2.66. The van der Waals surface area contributed by atoms with Crippen molar-refractivity contribution >= 4 is 28.5 Å². The predicted octanol–water partition coefficient (Wildman–Crippen LogP) is 2.56. The standard InChI is InChI=1S/C19H16N2O5/c1-24-15-8-4-5-11-10-14(17(20)22)18(26-16(11)15)21-13-7-3-6-12(9-13)19(23)25-2/h3-10H,1-2H3,(H2,20,22). The lowest BCUT2D eigenvalue weighted by molar-refractivity contribution is 0.0600. The molecule has 7 heteroatoms. The molecule has 0 saturated heterocycles. The molecule has 7 nitrogen and oxygen atoms in total. The van der Waals surface area contributed by atoms with Crippen LogP contribution in [0.1, 0.15) is 20.7 Å². The lowest BCUT2D eigenvalue weighted by Gasteiger charge is -2.06. The number of hydrogen-bond donors (Lipinski definition) is 1. The molecule has 0 atom stereocenters. The van der Waals surface area contributed by atoms with E-state index in [2.05, 4.69) is 4.99 Å². The summed E-state index contributed by atoms with van der Waals surface area (Å²) in [6, 6.07) is 13.3. The zero-order valence-corrected chi connectivity index (χ0v) is 14.2. The Morgan fingerprint density at radius 2 is 1.85 bits per heavy atom. The Hall–Kier alpha value is -3.61. The molecular weight excluding hydrogens is 336 g/mol. The van der Waals surface area contributed by atoms with E-state index in [0.29, 0.717) is 28.0 Å². The Labute approximate surface area is 148 Å². The SMILES string of the molecule is COC(=O)c1cccc(N=c2oc3c(OC)cccc3cc2C(N)=O)c1. The van der Waals surface area contributed by atoms with E-state index < -0.39 is 11.9 Å². The second-order valence-electron chi connectivity index (χ2n) is 5.36. The molecule has 3 rings (SSSR count). The van der Waals surface area contributed by atoms with Gasteiger partial charge in [-0.25, -0.2) is 9.79 Å². The predicted molar refractivity (Wildman–Crippen MR) is 94.3 cm³/mol. The summed E-state index contributed by atoms with van der Waals surface area (Å²) in [7, 11) is 2.81. The molecule has 0 saturated carbocycles. The number of primary amides is 1. The van der Waals surface area contributed by atoms with Gasteiger partial charge in [-0.05, 0) is 30.3 Å². The highest BCUT2D eigenvalue weighted by atomic mass is 16.5. The highest BCUT2D eigenvalue weighted by Crippen LogP contribution is 2.25. The number of ether oxygens (including phenoxy) is 2. The summed E-state index contributed by atoms with van der Waals surface area (Å²) in [5.74, 6) is -0.672. The van der Waals surface area contributed by atoms with Crippen molar-refractivity contribution in [2.45, 2.75) is 0 Å². The third-order valence-electron chi connectivity index (χ3n) is 3.72. The van der Waals surface area contributed by atoms with Crippen LogP contribution in [0.25, 0.3) is 11.0 Å². The van der Waals surface area contributed by atoms with Gasteiger partial charge >= 0.3 is 5.97 Å². The minimum Gasteiger partial charge on any atom is -0.493 e. The molecule has 26 heavy (non-hydrogen) atoms. The molecule has 0 fully saturated rings. The van der Waals surface area contributed by atoms with Crippen molar-refractivity contribution < 1.29 is 23.5 Å². The van der Waals surface area contributed by atoms with Gasteiger partial charge in [0.15, 0.2) is 11.3 Å². The molecule has 2 N–H and O–H groups in total. The van der Waals surface area contributed by atoms with Crippen molar-refractivity contribution in [3.05, 3.63) is 65.2 Å². The van der Waals surface area contributed by atoms with E-state index >= 15 is 0 Å². The minimum absolute atomic E-state index is 0.0246. The monoisotopic (exact) mass is 352 g/mol.